The third-order valence-corrected chi connectivity index (χ3v) is 3.20. The van der Waals surface area contributed by atoms with Crippen molar-refractivity contribution in [3.63, 3.8) is 0 Å². The molecule has 1 saturated carbocycles. The van der Waals surface area contributed by atoms with Crippen molar-refractivity contribution in [1.29, 1.82) is 0 Å². The Morgan fingerprint density at radius 2 is 2.10 bits per heavy atom. The van der Waals surface area contributed by atoms with Crippen molar-refractivity contribution in [3.05, 3.63) is 29.8 Å². The van der Waals surface area contributed by atoms with E-state index in [9.17, 15) is 4.79 Å². The van der Waals surface area contributed by atoms with E-state index >= 15 is 0 Å². The van der Waals surface area contributed by atoms with Gasteiger partial charge in [0.2, 0.25) is 0 Å². The molecule has 20 heavy (non-hydrogen) atoms. The minimum atomic E-state index is -0.119. The van der Waals surface area contributed by atoms with Gasteiger partial charge >= 0.3 is 0 Å². The van der Waals surface area contributed by atoms with Gasteiger partial charge in [0, 0.05) is 12.1 Å². The average molecular weight is 277 g/mol. The molecule has 0 heterocycles. The van der Waals surface area contributed by atoms with Crippen molar-refractivity contribution < 1.29 is 14.7 Å². The van der Waals surface area contributed by atoms with Crippen molar-refractivity contribution >= 4 is 11.7 Å². The number of nitrogens with one attached hydrogen (secondary N) is 1. The van der Waals surface area contributed by atoms with Crippen molar-refractivity contribution in [3.8, 4) is 5.75 Å². The molecule has 1 aliphatic rings. The first-order valence-electron chi connectivity index (χ1n) is 6.66. The molecule has 1 aliphatic carbocycles. The number of carbonyl (C=O) groups excluding carboxylic acids is 1. The highest BCUT2D eigenvalue weighted by Crippen LogP contribution is 2.31. The van der Waals surface area contributed by atoms with Gasteiger partial charge in [-0.15, -0.1) is 0 Å². The lowest BCUT2D eigenvalue weighted by molar-refractivity contribution is -0.123. The summed E-state index contributed by atoms with van der Waals surface area (Å²) in [6.07, 6.45) is 3.64. The fourth-order valence-corrected chi connectivity index (χ4v) is 1.80. The molecule has 1 aromatic carbocycles. The lowest BCUT2D eigenvalue weighted by atomic mass is 10.2. The van der Waals surface area contributed by atoms with Crippen LogP contribution in [0.5, 0.6) is 5.75 Å². The van der Waals surface area contributed by atoms with Crippen molar-refractivity contribution in [2.24, 2.45) is 16.8 Å². The molecule has 0 bridgehead atoms. The molecule has 0 spiro atoms. The number of amidine groups is 1. The van der Waals surface area contributed by atoms with Gasteiger partial charge in [0.25, 0.3) is 5.91 Å². The second kappa shape index (κ2) is 6.79. The maximum atomic E-state index is 11.5. The van der Waals surface area contributed by atoms with Crippen molar-refractivity contribution in [2.45, 2.75) is 19.3 Å². The number of hydrogen-bond donors (Lipinski definition) is 3. The number of nitrogens with zero attached hydrogens (tertiary/aromatic N) is 1. The van der Waals surface area contributed by atoms with E-state index < -0.39 is 0 Å². The number of ether oxygens (including phenoxy) is 1. The van der Waals surface area contributed by atoms with Gasteiger partial charge in [0.15, 0.2) is 12.4 Å². The highest BCUT2D eigenvalue weighted by atomic mass is 16.5. The summed E-state index contributed by atoms with van der Waals surface area (Å²) in [5, 5.41) is 14.3. The quantitative estimate of drug-likeness (QED) is 0.300. The first-order chi connectivity index (χ1) is 9.69. The van der Waals surface area contributed by atoms with Gasteiger partial charge in [0.1, 0.15) is 5.75 Å². The number of carbonyl (C=O) groups is 1. The van der Waals surface area contributed by atoms with Crippen LogP contribution in [0, 0.1) is 5.92 Å². The molecule has 108 valence electrons. The Hall–Kier alpha value is -2.24. The van der Waals surface area contributed by atoms with E-state index in [4.69, 9.17) is 15.7 Å². The number of oxime groups is 1. The molecule has 6 nitrogen and oxygen atoms in total. The van der Waals surface area contributed by atoms with Crippen LogP contribution in [0.3, 0.4) is 0 Å². The number of benzene rings is 1. The summed E-state index contributed by atoms with van der Waals surface area (Å²) in [6.45, 7) is 0.711. The van der Waals surface area contributed by atoms with Gasteiger partial charge in [-0.05, 0) is 36.6 Å². The Balaban J connectivity index is 1.71. The monoisotopic (exact) mass is 277 g/mol. The van der Waals surface area contributed by atoms with Gasteiger partial charge in [-0.2, -0.15) is 0 Å². The third-order valence-electron chi connectivity index (χ3n) is 3.20. The maximum absolute atomic E-state index is 11.5. The normalized spacial score (nSPS) is 14.9. The zero-order valence-electron chi connectivity index (χ0n) is 11.2. The Bertz CT molecular complexity index is 481. The second-order valence-electron chi connectivity index (χ2n) is 4.88. The molecular weight excluding hydrogens is 258 g/mol. The van der Waals surface area contributed by atoms with E-state index in [1.807, 2.05) is 0 Å². The first kappa shape index (κ1) is 14.2. The summed E-state index contributed by atoms with van der Waals surface area (Å²) in [7, 11) is 0. The summed E-state index contributed by atoms with van der Waals surface area (Å²) >= 11 is 0. The minimum absolute atomic E-state index is 0.00636. The van der Waals surface area contributed by atoms with Gasteiger partial charge in [-0.3, -0.25) is 4.79 Å². The number of hydrogen-bond acceptors (Lipinski definition) is 4. The van der Waals surface area contributed by atoms with Gasteiger partial charge in [-0.1, -0.05) is 18.0 Å². The summed E-state index contributed by atoms with van der Waals surface area (Å²) in [4.78, 5) is 11.5. The first-order valence-corrected chi connectivity index (χ1v) is 6.66. The summed E-state index contributed by atoms with van der Waals surface area (Å²) in [6, 6.07) is 6.67. The molecule has 0 radical (unpaired) electrons. The Morgan fingerprint density at radius 3 is 2.70 bits per heavy atom. The Labute approximate surface area is 117 Å². The van der Waals surface area contributed by atoms with Crippen molar-refractivity contribution in [2.75, 3.05) is 13.2 Å². The fourth-order valence-electron chi connectivity index (χ4n) is 1.80. The predicted molar refractivity (Wildman–Crippen MR) is 74.8 cm³/mol. The van der Waals surface area contributed by atoms with Crippen LogP contribution >= 0.6 is 0 Å². The minimum Gasteiger partial charge on any atom is -0.484 e. The van der Waals surface area contributed by atoms with E-state index in [-0.39, 0.29) is 18.3 Å². The highest BCUT2D eigenvalue weighted by Gasteiger charge is 2.20. The summed E-state index contributed by atoms with van der Waals surface area (Å²) in [5.41, 5.74) is 6.04. The molecule has 2 rings (SSSR count). The van der Waals surface area contributed by atoms with Crippen LogP contribution < -0.4 is 15.8 Å². The largest absolute Gasteiger partial charge is 0.484 e. The second-order valence-corrected chi connectivity index (χ2v) is 4.88. The highest BCUT2D eigenvalue weighted by molar-refractivity contribution is 5.97. The molecule has 0 aliphatic heterocycles. The van der Waals surface area contributed by atoms with E-state index in [2.05, 4.69) is 10.5 Å². The maximum Gasteiger partial charge on any atom is 0.257 e. The predicted octanol–water partition coefficient (Wildman–Crippen LogP) is 1.08. The molecule has 0 saturated heterocycles. The lowest BCUT2D eigenvalue weighted by Gasteiger charge is -2.07. The molecule has 0 aromatic heterocycles. The third kappa shape index (κ3) is 4.46. The zero-order valence-corrected chi connectivity index (χ0v) is 11.2. The van der Waals surface area contributed by atoms with Crippen LogP contribution in [0.25, 0.3) is 0 Å². The smallest absolute Gasteiger partial charge is 0.257 e. The number of rotatable bonds is 7. The molecular formula is C14H19N3O3. The Kier molecular flexibility index (Phi) is 4.81. The molecule has 4 N–H and O–H groups in total. The fraction of sp³-hybridized carbons (Fsp3) is 0.429. The summed E-state index contributed by atoms with van der Waals surface area (Å²) < 4.78 is 5.35. The molecule has 6 heteroatoms. The number of nitrogens with two attached hydrogens (primary N) is 1. The van der Waals surface area contributed by atoms with Crippen LogP contribution in [0.4, 0.5) is 0 Å². The van der Waals surface area contributed by atoms with E-state index in [1.54, 1.807) is 24.3 Å². The van der Waals surface area contributed by atoms with Crippen molar-refractivity contribution in [1.82, 2.24) is 5.32 Å². The Morgan fingerprint density at radius 1 is 1.40 bits per heavy atom. The topological polar surface area (TPSA) is 96.9 Å². The summed E-state index contributed by atoms with van der Waals surface area (Å²) in [5.74, 6) is 1.29. The standard InChI is InChI=1S/C14H19N3O3/c15-14(17-19)11-3-5-12(6-4-11)20-9-13(18)16-8-7-10-1-2-10/h3-6,10,19H,1-2,7-9H2,(H2,15,17)(H,16,18). The average Bonchev–Trinajstić information content (AvgIpc) is 3.29. The van der Waals surface area contributed by atoms with E-state index in [1.165, 1.54) is 12.8 Å². The number of amides is 1. The van der Waals surface area contributed by atoms with Crippen LogP contribution in [-0.2, 0) is 4.79 Å². The lowest BCUT2D eigenvalue weighted by Crippen LogP contribution is -2.29. The van der Waals surface area contributed by atoms with Gasteiger partial charge in [-0.25, -0.2) is 0 Å². The van der Waals surface area contributed by atoms with Crippen LogP contribution in [0.15, 0.2) is 29.4 Å². The van der Waals surface area contributed by atoms with E-state index in [0.29, 0.717) is 11.3 Å². The van der Waals surface area contributed by atoms with Gasteiger partial charge in [0.05, 0.1) is 0 Å². The molecule has 0 atom stereocenters. The van der Waals surface area contributed by atoms with Crippen LogP contribution in [-0.4, -0.2) is 30.1 Å². The van der Waals surface area contributed by atoms with Gasteiger partial charge < -0.3 is 21.0 Å². The van der Waals surface area contributed by atoms with E-state index in [0.717, 1.165) is 18.9 Å². The molecule has 0 unspecified atom stereocenters. The molecule has 1 amide bonds. The molecule has 1 aromatic rings. The van der Waals surface area contributed by atoms with Crippen LogP contribution in [0.1, 0.15) is 24.8 Å². The SMILES string of the molecule is NC(=NO)c1ccc(OCC(=O)NCCC2CC2)cc1. The van der Waals surface area contributed by atoms with Crippen LogP contribution in [0.2, 0.25) is 0 Å². The molecule has 1 fully saturated rings. The zero-order chi connectivity index (χ0) is 14.4.